The molecule has 1 N–H and O–H groups in total. The first kappa shape index (κ1) is 11.7. The molecule has 0 saturated carbocycles. The van der Waals surface area contributed by atoms with E-state index in [4.69, 9.17) is 0 Å². The van der Waals surface area contributed by atoms with Gasteiger partial charge in [-0.15, -0.1) is 11.3 Å². The lowest BCUT2D eigenvalue weighted by atomic mass is 10.1. The molecule has 0 aliphatic rings. The van der Waals surface area contributed by atoms with Crippen molar-refractivity contribution < 1.29 is 0 Å². The van der Waals surface area contributed by atoms with Gasteiger partial charge in [0.15, 0.2) is 0 Å². The molecule has 1 atom stereocenters. The van der Waals surface area contributed by atoms with Gasteiger partial charge in [-0.25, -0.2) is 0 Å². The molecular weight excluding hydrogens is 190 g/mol. The molecule has 0 fully saturated rings. The van der Waals surface area contributed by atoms with Gasteiger partial charge < -0.3 is 5.32 Å². The summed E-state index contributed by atoms with van der Waals surface area (Å²) < 4.78 is 0. The first-order chi connectivity index (χ1) is 6.88. The van der Waals surface area contributed by atoms with E-state index in [1.54, 1.807) is 0 Å². The molecular formula is C12H21NS. The highest BCUT2D eigenvalue weighted by Gasteiger charge is 2.08. The van der Waals surface area contributed by atoms with Gasteiger partial charge in [-0.2, -0.15) is 0 Å². The SMILES string of the molecule is CCCCCCC(NC)c1cccs1. The van der Waals surface area contributed by atoms with Gasteiger partial charge in [-0.3, -0.25) is 0 Å². The second kappa shape index (κ2) is 7.02. The molecule has 1 aromatic rings. The quantitative estimate of drug-likeness (QED) is 0.673. The van der Waals surface area contributed by atoms with E-state index in [1.807, 2.05) is 11.3 Å². The van der Waals surface area contributed by atoms with Crippen molar-refractivity contribution >= 4 is 11.3 Å². The fourth-order valence-corrected chi connectivity index (χ4v) is 2.57. The Hall–Kier alpha value is -0.340. The third kappa shape index (κ3) is 3.81. The van der Waals surface area contributed by atoms with Crippen LogP contribution in [0.15, 0.2) is 17.5 Å². The first-order valence-corrected chi connectivity index (χ1v) is 6.47. The van der Waals surface area contributed by atoms with Crippen LogP contribution < -0.4 is 5.32 Å². The van der Waals surface area contributed by atoms with Crippen LogP contribution in [0.25, 0.3) is 0 Å². The number of hydrogen-bond donors (Lipinski definition) is 1. The Kier molecular flexibility index (Phi) is 5.88. The molecule has 80 valence electrons. The second-order valence-corrected chi connectivity index (χ2v) is 4.69. The Morgan fingerprint density at radius 1 is 1.36 bits per heavy atom. The van der Waals surface area contributed by atoms with Crippen LogP contribution in [0.5, 0.6) is 0 Å². The van der Waals surface area contributed by atoms with E-state index in [-0.39, 0.29) is 0 Å². The predicted octanol–water partition coefficient (Wildman–Crippen LogP) is 3.98. The topological polar surface area (TPSA) is 12.0 Å². The minimum absolute atomic E-state index is 0.576. The van der Waals surface area contributed by atoms with E-state index in [0.29, 0.717) is 6.04 Å². The van der Waals surface area contributed by atoms with Crippen LogP contribution in [0.4, 0.5) is 0 Å². The lowest BCUT2D eigenvalue weighted by molar-refractivity contribution is 0.511. The molecule has 1 rings (SSSR count). The minimum atomic E-state index is 0.576. The van der Waals surface area contributed by atoms with Crippen LogP contribution in [0.2, 0.25) is 0 Å². The maximum Gasteiger partial charge on any atom is 0.0412 e. The van der Waals surface area contributed by atoms with Crippen molar-refractivity contribution in [2.75, 3.05) is 7.05 Å². The standard InChI is InChI=1S/C12H21NS/c1-3-4-5-6-8-11(13-2)12-9-7-10-14-12/h7,9-11,13H,3-6,8H2,1-2H3. The Bertz CT molecular complexity index is 218. The van der Waals surface area contributed by atoms with E-state index in [2.05, 4.69) is 36.8 Å². The summed E-state index contributed by atoms with van der Waals surface area (Å²) in [7, 11) is 2.06. The molecule has 0 saturated heterocycles. The number of hydrogen-bond acceptors (Lipinski definition) is 2. The molecule has 0 bridgehead atoms. The van der Waals surface area contributed by atoms with Crippen LogP contribution in [-0.4, -0.2) is 7.05 Å². The van der Waals surface area contributed by atoms with Gasteiger partial charge in [0.05, 0.1) is 0 Å². The van der Waals surface area contributed by atoms with E-state index >= 15 is 0 Å². The number of nitrogens with one attached hydrogen (secondary N) is 1. The van der Waals surface area contributed by atoms with Crippen molar-refractivity contribution in [3.63, 3.8) is 0 Å². The van der Waals surface area contributed by atoms with Gasteiger partial charge in [0.2, 0.25) is 0 Å². The molecule has 14 heavy (non-hydrogen) atoms. The summed E-state index contributed by atoms with van der Waals surface area (Å²) >= 11 is 1.86. The molecule has 0 spiro atoms. The summed E-state index contributed by atoms with van der Waals surface area (Å²) in [6.45, 7) is 2.26. The maximum atomic E-state index is 3.39. The van der Waals surface area contributed by atoms with Gasteiger partial charge in [-0.1, -0.05) is 38.7 Å². The summed E-state index contributed by atoms with van der Waals surface area (Å²) in [5.41, 5.74) is 0. The van der Waals surface area contributed by atoms with Crippen LogP contribution in [0, 0.1) is 0 Å². The average molecular weight is 211 g/mol. The number of rotatable bonds is 7. The Morgan fingerprint density at radius 2 is 2.21 bits per heavy atom. The summed E-state index contributed by atoms with van der Waals surface area (Å²) in [5, 5.41) is 5.55. The molecule has 1 unspecified atom stereocenters. The molecule has 0 aliphatic carbocycles. The molecule has 0 radical (unpaired) electrons. The van der Waals surface area contributed by atoms with Crippen molar-refractivity contribution in [3.8, 4) is 0 Å². The minimum Gasteiger partial charge on any atom is -0.312 e. The predicted molar refractivity (Wildman–Crippen MR) is 64.9 cm³/mol. The van der Waals surface area contributed by atoms with E-state index in [1.165, 1.54) is 37.0 Å². The van der Waals surface area contributed by atoms with Crippen LogP contribution in [0.1, 0.15) is 49.9 Å². The van der Waals surface area contributed by atoms with E-state index in [9.17, 15) is 0 Å². The zero-order chi connectivity index (χ0) is 10.2. The highest BCUT2D eigenvalue weighted by atomic mass is 32.1. The number of unbranched alkanes of at least 4 members (excludes halogenated alkanes) is 3. The van der Waals surface area contributed by atoms with Crippen LogP contribution in [-0.2, 0) is 0 Å². The normalized spacial score (nSPS) is 13.0. The number of thiophene rings is 1. The molecule has 1 heterocycles. The summed E-state index contributed by atoms with van der Waals surface area (Å²) in [5.74, 6) is 0. The molecule has 0 aliphatic heterocycles. The molecule has 2 heteroatoms. The zero-order valence-corrected chi connectivity index (χ0v) is 10.1. The lowest BCUT2D eigenvalue weighted by Crippen LogP contribution is -2.14. The molecule has 1 aromatic heterocycles. The van der Waals surface area contributed by atoms with Crippen LogP contribution >= 0.6 is 11.3 Å². The Labute approximate surface area is 91.5 Å². The van der Waals surface area contributed by atoms with Crippen molar-refractivity contribution in [2.24, 2.45) is 0 Å². The van der Waals surface area contributed by atoms with Crippen molar-refractivity contribution in [2.45, 2.75) is 45.1 Å². The maximum absolute atomic E-state index is 3.39. The highest BCUT2D eigenvalue weighted by Crippen LogP contribution is 2.23. The first-order valence-electron chi connectivity index (χ1n) is 5.59. The van der Waals surface area contributed by atoms with Gasteiger partial charge in [0.1, 0.15) is 0 Å². The van der Waals surface area contributed by atoms with Gasteiger partial charge >= 0.3 is 0 Å². The highest BCUT2D eigenvalue weighted by molar-refractivity contribution is 7.10. The van der Waals surface area contributed by atoms with Gasteiger partial charge in [0.25, 0.3) is 0 Å². The Balaban J connectivity index is 2.26. The van der Waals surface area contributed by atoms with Gasteiger partial charge in [-0.05, 0) is 24.9 Å². The summed E-state index contributed by atoms with van der Waals surface area (Å²) in [6, 6.07) is 4.94. The smallest absolute Gasteiger partial charge is 0.0412 e. The largest absolute Gasteiger partial charge is 0.312 e. The van der Waals surface area contributed by atoms with Crippen LogP contribution in [0.3, 0.4) is 0 Å². The van der Waals surface area contributed by atoms with Crippen molar-refractivity contribution in [3.05, 3.63) is 22.4 Å². The van der Waals surface area contributed by atoms with Crippen molar-refractivity contribution in [1.29, 1.82) is 0 Å². The van der Waals surface area contributed by atoms with E-state index in [0.717, 1.165) is 0 Å². The third-order valence-electron chi connectivity index (χ3n) is 2.58. The fraction of sp³-hybridized carbons (Fsp3) is 0.667. The Morgan fingerprint density at radius 3 is 2.79 bits per heavy atom. The average Bonchev–Trinajstić information content (AvgIpc) is 2.71. The lowest BCUT2D eigenvalue weighted by Gasteiger charge is -2.13. The van der Waals surface area contributed by atoms with Crippen molar-refractivity contribution in [1.82, 2.24) is 5.32 Å². The second-order valence-electron chi connectivity index (χ2n) is 3.71. The van der Waals surface area contributed by atoms with E-state index < -0.39 is 0 Å². The fourth-order valence-electron chi connectivity index (χ4n) is 1.69. The monoisotopic (exact) mass is 211 g/mol. The third-order valence-corrected chi connectivity index (χ3v) is 3.57. The molecule has 0 aromatic carbocycles. The van der Waals surface area contributed by atoms with Gasteiger partial charge in [0, 0.05) is 10.9 Å². The summed E-state index contributed by atoms with van der Waals surface area (Å²) in [6.07, 6.45) is 6.69. The zero-order valence-electron chi connectivity index (χ0n) is 9.25. The summed E-state index contributed by atoms with van der Waals surface area (Å²) in [4.78, 5) is 1.48. The molecule has 1 nitrogen and oxygen atoms in total. The molecule has 0 amide bonds.